The molecule has 2 atom stereocenters. The van der Waals surface area contributed by atoms with Gasteiger partial charge in [-0.25, -0.2) is 13.4 Å². The van der Waals surface area contributed by atoms with Crippen LogP contribution in [0.25, 0.3) is 0 Å². The van der Waals surface area contributed by atoms with Gasteiger partial charge in [0.25, 0.3) is 0 Å². The van der Waals surface area contributed by atoms with Gasteiger partial charge in [-0.05, 0) is 48.2 Å². The molecule has 0 aliphatic carbocycles. The fourth-order valence-corrected chi connectivity index (χ4v) is 5.65. The average molecular weight is 518 g/mol. The fourth-order valence-electron chi connectivity index (χ4n) is 3.80. The van der Waals surface area contributed by atoms with Gasteiger partial charge in [-0.2, -0.15) is 17.5 Å². The van der Waals surface area contributed by atoms with Crippen LogP contribution in [0.4, 0.5) is 13.2 Å². The molecule has 1 aliphatic heterocycles. The maximum atomic E-state index is 13.2. The van der Waals surface area contributed by atoms with Gasteiger partial charge >= 0.3 is 6.18 Å². The summed E-state index contributed by atoms with van der Waals surface area (Å²) in [5, 5.41) is 2.52. The van der Waals surface area contributed by atoms with Gasteiger partial charge in [0.15, 0.2) is 0 Å². The first-order valence-corrected chi connectivity index (χ1v) is 12.1. The summed E-state index contributed by atoms with van der Waals surface area (Å²) in [4.78, 5) is 15.3. The number of amides is 1. The van der Waals surface area contributed by atoms with Crippen LogP contribution in [0.3, 0.4) is 0 Å². The van der Waals surface area contributed by atoms with Crippen LogP contribution >= 0.6 is 11.6 Å². The molecule has 1 aromatic heterocycles. The Morgan fingerprint density at radius 3 is 2.32 bits per heavy atom. The van der Waals surface area contributed by atoms with E-state index in [4.69, 9.17) is 16.3 Å². The van der Waals surface area contributed by atoms with Crippen LogP contribution in [0.1, 0.15) is 19.4 Å². The monoisotopic (exact) mass is 517 g/mol. The van der Waals surface area contributed by atoms with Crippen LogP contribution in [0.5, 0.6) is 11.6 Å². The number of ether oxygens (including phenoxy) is 1. The first-order valence-electron chi connectivity index (χ1n) is 10.3. The number of hydrogen-bond donors (Lipinski definition) is 1. The minimum atomic E-state index is -4.59. The number of piperidine rings is 1. The van der Waals surface area contributed by atoms with E-state index in [-0.39, 0.29) is 58.4 Å². The van der Waals surface area contributed by atoms with Gasteiger partial charge in [0, 0.05) is 25.3 Å². The van der Waals surface area contributed by atoms with Crippen LogP contribution in [0.2, 0.25) is 5.02 Å². The first-order chi connectivity index (χ1) is 15.8. The number of nitrogens with one attached hydrogen (secondary N) is 1. The van der Waals surface area contributed by atoms with Crippen LogP contribution in [0.15, 0.2) is 54.1 Å². The van der Waals surface area contributed by atoms with Gasteiger partial charge in [-0.15, -0.1) is 0 Å². The number of nitrogens with zero attached hydrogens (tertiary/aromatic N) is 2. The summed E-state index contributed by atoms with van der Waals surface area (Å²) in [6.07, 6.45) is -2.81. The lowest BCUT2D eigenvalue weighted by Gasteiger charge is -2.40. The average Bonchev–Trinajstić information content (AvgIpc) is 2.77. The van der Waals surface area contributed by atoms with Crippen LogP contribution in [-0.4, -0.2) is 42.7 Å². The van der Waals surface area contributed by atoms with Crippen LogP contribution < -0.4 is 10.1 Å². The number of rotatable bonds is 6. The molecule has 1 N–H and O–H groups in total. The van der Waals surface area contributed by atoms with E-state index in [1.807, 2.05) is 13.8 Å². The van der Waals surface area contributed by atoms with E-state index in [2.05, 4.69) is 16.9 Å². The maximum absolute atomic E-state index is 13.2. The van der Waals surface area contributed by atoms with E-state index < -0.39 is 21.8 Å². The smallest absolute Gasteiger partial charge is 0.417 e. The normalized spacial score (nSPS) is 21.6. The van der Waals surface area contributed by atoms with E-state index >= 15 is 0 Å². The Labute approximate surface area is 200 Å². The first kappa shape index (κ1) is 26.0. The molecule has 12 heteroatoms. The molecule has 0 spiro atoms. The Bertz CT molecular complexity index is 1160. The molecule has 34 heavy (non-hydrogen) atoms. The molecule has 0 saturated carbocycles. The Balaban J connectivity index is 1.73. The Hall–Kier alpha value is -2.63. The topological polar surface area (TPSA) is 88.6 Å². The molecule has 1 saturated heterocycles. The third-order valence-electron chi connectivity index (χ3n) is 5.51. The van der Waals surface area contributed by atoms with Crippen molar-refractivity contribution < 1.29 is 31.1 Å². The number of benzene rings is 1. The summed E-state index contributed by atoms with van der Waals surface area (Å²) < 4.78 is 71.4. The number of pyridine rings is 1. The van der Waals surface area contributed by atoms with Crippen molar-refractivity contribution in [2.24, 2.45) is 11.8 Å². The molecule has 2 heterocycles. The number of carbonyl (C=O) groups excluding carboxylic acids is 1. The van der Waals surface area contributed by atoms with Crippen molar-refractivity contribution in [2.45, 2.75) is 31.0 Å². The van der Waals surface area contributed by atoms with Crippen molar-refractivity contribution in [3.8, 4) is 11.6 Å². The molecule has 3 rings (SSSR count). The Morgan fingerprint density at radius 1 is 1.24 bits per heavy atom. The zero-order valence-corrected chi connectivity index (χ0v) is 19.9. The lowest BCUT2D eigenvalue weighted by molar-refractivity contribution is -0.137. The van der Waals surface area contributed by atoms with Gasteiger partial charge in [-0.1, -0.05) is 32.0 Å². The number of halogens is 4. The van der Waals surface area contributed by atoms with E-state index in [1.165, 1.54) is 34.6 Å². The van der Waals surface area contributed by atoms with Crippen molar-refractivity contribution in [1.29, 1.82) is 0 Å². The Morgan fingerprint density at radius 2 is 1.82 bits per heavy atom. The van der Waals surface area contributed by atoms with Crippen molar-refractivity contribution in [3.63, 3.8) is 0 Å². The zero-order valence-electron chi connectivity index (χ0n) is 18.3. The molecule has 184 valence electrons. The second-order valence-electron chi connectivity index (χ2n) is 8.10. The molecule has 2 unspecified atom stereocenters. The molecule has 1 fully saturated rings. The quantitative estimate of drug-likeness (QED) is 0.570. The predicted molar refractivity (Wildman–Crippen MR) is 120 cm³/mol. The molecule has 0 radical (unpaired) electrons. The van der Waals surface area contributed by atoms with Crippen molar-refractivity contribution in [1.82, 2.24) is 14.6 Å². The van der Waals surface area contributed by atoms with Crippen molar-refractivity contribution in [2.75, 3.05) is 13.1 Å². The summed E-state index contributed by atoms with van der Waals surface area (Å²) in [6, 6.07) is 5.92. The molecule has 1 aromatic carbocycles. The van der Waals surface area contributed by atoms with E-state index in [1.54, 1.807) is 0 Å². The summed E-state index contributed by atoms with van der Waals surface area (Å²) in [5.74, 6) is -0.647. The molecular formula is C22H23ClF3N3O4S. The molecule has 1 amide bonds. The highest BCUT2D eigenvalue weighted by Crippen LogP contribution is 2.35. The second-order valence-corrected chi connectivity index (χ2v) is 10.4. The third kappa shape index (κ3) is 5.70. The van der Waals surface area contributed by atoms with E-state index in [0.717, 1.165) is 0 Å². The number of hydrogen-bond acceptors (Lipinski definition) is 5. The number of carbonyl (C=O) groups is 1. The summed E-state index contributed by atoms with van der Waals surface area (Å²) >= 11 is 5.85. The number of alkyl halides is 3. The zero-order chi connectivity index (χ0) is 25.3. The second kappa shape index (κ2) is 9.93. The number of sulfonamides is 1. The highest BCUT2D eigenvalue weighted by molar-refractivity contribution is 7.89. The highest BCUT2D eigenvalue weighted by atomic mass is 35.5. The molecule has 1 aliphatic rings. The van der Waals surface area contributed by atoms with Crippen LogP contribution in [0, 0.1) is 11.8 Å². The van der Waals surface area contributed by atoms with Gasteiger partial charge in [0.2, 0.25) is 21.8 Å². The number of aromatic nitrogens is 1. The van der Waals surface area contributed by atoms with Crippen LogP contribution in [-0.2, 0) is 21.0 Å². The standard InChI is InChI=1S/C22H23ClF3N3O4S/c1-4-19(30)28-20-13(2)11-29(12-14(20)3)34(31,32)17-7-5-16(6-8-17)33-21-18(23)9-15(10-27-21)22(24,25)26/h4-10,13-14,20H,1,11-12H2,2-3H3,(H,28,30). The summed E-state index contributed by atoms with van der Waals surface area (Å²) in [6.45, 7) is 7.61. The summed E-state index contributed by atoms with van der Waals surface area (Å²) in [7, 11) is -3.83. The van der Waals surface area contributed by atoms with E-state index in [9.17, 15) is 26.4 Å². The minimum Gasteiger partial charge on any atom is -0.438 e. The van der Waals surface area contributed by atoms with Gasteiger partial charge in [0.1, 0.15) is 10.8 Å². The molecule has 7 nitrogen and oxygen atoms in total. The fraction of sp³-hybridized carbons (Fsp3) is 0.364. The minimum absolute atomic E-state index is 0.0271. The largest absolute Gasteiger partial charge is 0.438 e. The SMILES string of the molecule is C=CC(=O)NC1C(C)CN(S(=O)(=O)c2ccc(Oc3ncc(C(F)(F)F)cc3Cl)cc2)CC1C. The molecule has 0 bridgehead atoms. The summed E-state index contributed by atoms with van der Waals surface area (Å²) in [5.41, 5.74) is -1.01. The van der Waals surface area contributed by atoms with Gasteiger partial charge in [-0.3, -0.25) is 4.79 Å². The van der Waals surface area contributed by atoms with E-state index in [0.29, 0.717) is 12.3 Å². The maximum Gasteiger partial charge on any atom is 0.417 e. The predicted octanol–water partition coefficient (Wildman–Crippen LogP) is 4.49. The Kier molecular flexibility index (Phi) is 7.59. The lowest BCUT2D eigenvalue weighted by atomic mass is 9.87. The van der Waals surface area contributed by atoms with Gasteiger partial charge < -0.3 is 10.1 Å². The van der Waals surface area contributed by atoms with Crippen molar-refractivity contribution in [3.05, 3.63) is 59.8 Å². The van der Waals surface area contributed by atoms with Crippen molar-refractivity contribution >= 4 is 27.5 Å². The highest BCUT2D eigenvalue weighted by Gasteiger charge is 2.38. The lowest BCUT2D eigenvalue weighted by Crippen LogP contribution is -2.55. The van der Waals surface area contributed by atoms with Gasteiger partial charge in [0.05, 0.1) is 10.5 Å². The molecular weight excluding hydrogens is 495 g/mol. The molecule has 2 aromatic rings. The third-order valence-corrected chi connectivity index (χ3v) is 7.63.